The van der Waals surface area contributed by atoms with Gasteiger partial charge in [0.25, 0.3) is 5.91 Å². The van der Waals surface area contributed by atoms with Crippen molar-refractivity contribution in [2.75, 3.05) is 5.32 Å². The molecule has 0 saturated carbocycles. The zero-order valence-corrected chi connectivity index (χ0v) is 15.6. The van der Waals surface area contributed by atoms with Crippen LogP contribution in [0, 0.1) is 6.92 Å². The van der Waals surface area contributed by atoms with E-state index in [1.165, 1.54) is 17.4 Å². The number of amides is 3. The quantitative estimate of drug-likeness (QED) is 0.521. The van der Waals surface area contributed by atoms with Crippen molar-refractivity contribution in [1.29, 1.82) is 0 Å². The Morgan fingerprint density at radius 1 is 1.08 bits per heavy atom. The maximum Gasteiger partial charge on any atom is 0.262 e. The van der Waals surface area contributed by atoms with Crippen molar-refractivity contribution in [3.05, 3.63) is 57.3 Å². The van der Waals surface area contributed by atoms with Crippen LogP contribution in [0.3, 0.4) is 0 Å². The Balaban J connectivity index is 1.70. The van der Waals surface area contributed by atoms with Crippen LogP contribution in [0.2, 0.25) is 5.02 Å². The summed E-state index contributed by atoms with van der Waals surface area (Å²) >= 11 is 7.49. The van der Waals surface area contributed by atoms with E-state index in [2.05, 4.69) is 16.2 Å². The van der Waals surface area contributed by atoms with Gasteiger partial charge in [-0.05, 0) is 42.1 Å². The molecule has 136 valence electrons. The van der Waals surface area contributed by atoms with Gasteiger partial charge in [-0.1, -0.05) is 23.7 Å². The highest BCUT2D eigenvalue weighted by Crippen LogP contribution is 2.23. The van der Waals surface area contributed by atoms with Crippen LogP contribution < -0.4 is 16.2 Å². The first kappa shape index (κ1) is 19.7. The van der Waals surface area contributed by atoms with E-state index in [9.17, 15) is 14.4 Å². The molecule has 3 N–H and O–H groups in total. The minimum atomic E-state index is -0.458. The molecule has 8 heteroatoms. The lowest BCUT2D eigenvalue weighted by Gasteiger charge is -2.09. The van der Waals surface area contributed by atoms with Gasteiger partial charge in [-0.15, -0.1) is 11.3 Å². The van der Waals surface area contributed by atoms with Gasteiger partial charge in [0.2, 0.25) is 11.8 Å². The molecule has 0 fully saturated rings. The number of rotatable bonds is 6. The number of hydrogen-bond donors (Lipinski definition) is 3. The molecular formula is C18H18ClN3O3S. The standard InChI is InChI=1S/C18H18ClN3O3S/c1-12-14(19)5-2-6-15(12)20-16(23)9-10-18(25)22-21-17(24)8-7-13-4-3-11-26-13/h2-8,11H,9-10H2,1H3,(H,20,23)(H,21,24)(H,22,25). The Hall–Kier alpha value is -2.64. The normalized spacial score (nSPS) is 10.5. The number of nitrogens with one attached hydrogen (secondary N) is 3. The lowest BCUT2D eigenvalue weighted by atomic mass is 10.2. The second-order valence-corrected chi connectivity index (χ2v) is 6.73. The molecule has 1 aromatic heterocycles. The van der Waals surface area contributed by atoms with Crippen LogP contribution in [0.15, 0.2) is 41.8 Å². The summed E-state index contributed by atoms with van der Waals surface area (Å²) in [5, 5.41) is 5.16. The number of carbonyl (C=O) groups is 3. The molecule has 0 aliphatic heterocycles. The minimum absolute atomic E-state index is 0.0152. The summed E-state index contributed by atoms with van der Waals surface area (Å²) in [6.45, 7) is 1.80. The van der Waals surface area contributed by atoms with E-state index in [0.717, 1.165) is 10.4 Å². The van der Waals surface area contributed by atoms with E-state index in [1.807, 2.05) is 17.5 Å². The lowest BCUT2D eigenvalue weighted by molar-refractivity contribution is -0.128. The van der Waals surface area contributed by atoms with E-state index < -0.39 is 11.8 Å². The molecule has 6 nitrogen and oxygen atoms in total. The summed E-state index contributed by atoms with van der Waals surface area (Å²) in [7, 11) is 0. The highest BCUT2D eigenvalue weighted by atomic mass is 35.5. The van der Waals surface area contributed by atoms with Gasteiger partial charge >= 0.3 is 0 Å². The number of hydrogen-bond acceptors (Lipinski definition) is 4. The Bertz CT molecular complexity index is 819. The average molecular weight is 392 g/mol. The Morgan fingerprint density at radius 2 is 1.85 bits per heavy atom. The third kappa shape index (κ3) is 6.34. The molecule has 26 heavy (non-hydrogen) atoms. The molecule has 0 aliphatic rings. The lowest BCUT2D eigenvalue weighted by Crippen LogP contribution is -2.41. The SMILES string of the molecule is Cc1c(Cl)cccc1NC(=O)CCC(=O)NNC(=O)C=Cc1cccs1. The summed E-state index contributed by atoms with van der Waals surface area (Å²) < 4.78 is 0. The minimum Gasteiger partial charge on any atom is -0.326 e. The van der Waals surface area contributed by atoms with Crippen molar-refractivity contribution in [2.24, 2.45) is 0 Å². The molecule has 1 aromatic carbocycles. The van der Waals surface area contributed by atoms with Crippen molar-refractivity contribution in [2.45, 2.75) is 19.8 Å². The molecule has 3 amide bonds. The van der Waals surface area contributed by atoms with Gasteiger partial charge in [0.1, 0.15) is 0 Å². The zero-order chi connectivity index (χ0) is 18.9. The van der Waals surface area contributed by atoms with Gasteiger partial charge in [-0.25, -0.2) is 0 Å². The molecule has 0 saturated heterocycles. The van der Waals surface area contributed by atoms with E-state index in [-0.39, 0.29) is 18.7 Å². The number of halogens is 1. The van der Waals surface area contributed by atoms with Crippen LogP contribution in [-0.2, 0) is 14.4 Å². The molecule has 2 aromatic rings. The number of thiophene rings is 1. The second kappa shape index (κ2) is 9.74. The van der Waals surface area contributed by atoms with E-state index in [0.29, 0.717) is 10.7 Å². The van der Waals surface area contributed by atoms with Crippen LogP contribution >= 0.6 is 22.9 Å². The first-order valence-corrected chi connectivity index (χ1v) is 9.07. The number of hydrazine groups is 1. The second-order valence-electron chi connectivity index (χ2n) is 5.35. The average Bonchev–Trinajstić information content (AvgIpc) is 3.14. The molecule has 0 radical (unpaired) electrons. The molecule has 0 aliphatic carbocycles. The predicted octanol–water partition coefficient (Wildman–Crippen LogP) is 3.29. The van der Waals surface area contributed by atoms with Gasteiger partial charge in [-0.2, -0.15) is 0 Å². The largest absolute Gasteiger partial charge is 0.326 e. The van der Waals surface area contributed by atoms with E-state index in [1.54, 1.807) is 31.2 Å². The van der Waals surface area contributed by atoms with Crippen LogP contribution in [0.5, 0.6) is 0 Å². The molecule has 0 spiro atoms. The predicted molar refractivity (Wildman–Crippen MR) is 104 cm³/mol. The first-order valence-electron chi connectivity index (χ1n) is 7.81. The topological polar surface area (TPSA) is 87.3 Å². The monoisotopic (exact) mass is 391 g/mol. The summed E-state index contributed by atoms with van der Waals surface area (Å²) in [5.41, 5.74) is 5.90. The van der Waals surface area contributed by atoms with E-state index >= 15 is 0 Å². The van der Waals surface area contributed by atoms with Gasteiger partial charge < -0.3 is 5.32 Å². The van der Waals surface area contributed by atoms with Crippen LogP contribution in [0.25, 0.3) is 6.08 Å². The van der Waals surface area contributed by atoms with Crippen molar-refractivity contribution >= 4 is 52.4 Å². The van der Waals surface area contributed by atoms with Crippen molar-refractivity contribution < 1.29 is 14.4 Å². The van der Waals surface area contributed by atoms with E-state index in [4.69, 9.17) is 11.6 Å². The summed E-state index contributed by atoms with van der Waals surface area (Å²) in [6.07, 6.45) is 2.90. The molecule has 1 heterocycles. The Labute approximate surface area is 160 Å². The van der Waals surface area contributed by atoms with Crippen LogP contribution in [0.4, 0.5) is 5.69 Å². The Kier molecular flexibility index (Phi) is 7.37. The van der Waals surface area contributed by atoms with Gasteiger partial charge in [0, 0.05) is 34.5 Å². The maximum absolute atomic E-state index is 11.9. The molecular weight excluding hydrogens is 374 g/mol. The van der Waals surface area contributed by atoms with Crippen molar-refractivity contribution in [3.63, 3.8) is 0 Å². The molecule has 0 atom stereocenters. The zero-order valence-electron chi connectivity index (χ0n) is 14.0. The molecule has 2 rings (SSSR count). The fraction of sp³-hybridized carbons (Fsp3) is 0.167. The summed E-state index contributed by atoms with van der Waals surface area (Å²) in [6, 6.07) is 8.94. The number of benzene rings is 1. The van der Waals surface area contributed by atoms with Gasteiger partial charge in [-0.3, -0.25) is 25.2 Å². The highest BCUT2D eigenvalue weighted by molar-refractivity contribution is 7.10. The third-order valence-electron chi connectivity index (χ3n) is 3.39. The third-order valence-corrected chi connectivity index (χ3v) is 4.64. The number of anilines is 1. The molecule has 0 bridgehead atoms. The van der Waals surface area contributed by atoms with Crippen LogP contribution in [0.1, 0.15) is 23.3 Å². The fourth-order valence-corrected chi connectivity index (χ4v) is 2.75. The smallest absolute Gasteiger partial charge is 0.262 e. The number of carbonyl (C=O) groups excluding carboxylic acids is 3. The van der Waals surface area contributed by atoms with Gasteiger partial charge in [0.05, 0.1) is 0 Å². The summed E-state index contributed by atoms with van der Waals surface area (Å²) in [4.78, 5) is 36.2. The Morgan fingerprint density at radius 3 is 2.58 bits per heavy atom. The van der Waals surface area contributed by atoms with Crippen LogP contribution in [-0.4, -0.2) is 17.7 Å². The van der Waals surface area contributed by atoms with Gasteiger partial charge in [0.15, 0.2) is 0 Å². The maximum atomic E-state index is 11.9. The molecule has 0 unspecified atom stereocenters. The van der Waals surface area contributed by atoms with Crippen molar-refractivity contribution in [3.8, 4) is 0 Å². The first-order chi connectivity index (χ1) is 12.5. The summed E-state index contributed by atoms with van der Waals surface area (Å²) in [5.74, 6) is -1.22. The van der Waals surface area contributed by atoms with Crippen molar-refractivity contribution in [1.82, 2.24) is 10.9 Å². The fourth-order valence-electron chi connectivity index (χ4n) is 1.96. The highest BCUT2D eigenvalue weighted by Gasteiger charge is 2.10.